The van der Waals surface area contributed by atoms with E-state index >= 15 is 0 Å². The molecule has 0 fully saturated rings. The highest BCUT2D eigenvalue weighted by molar-refractivity contribution is 5.95. The maximum atomic E-state index is 11.8. The summed E-state index contributed by atoms with van der Waals surface area (Å²) in [5.74, 6) is -1.34. The average Bonchev–Trinajstić information content (AvgIpc) is 2.86. The van der Waals surface area contributed by atoms with Gasteiger partial charge in [-0.15, -0.1) is 5.10 Å². The second-order valence-corrected chi connectivity index (χ2v) is 4.09. The molecular formula is C11H17N5O5. The molecule has 1 rings (SSSR count). The predicted octanol–water partition coefficient (Wildman–Crippen LogP) is -0.990. The number of carbonyl (C=O) groups is 3. The molecule has 0 saturated carbocycles. The lowest BCUT2D eigenvalue weighted by Crippen LogP contribution is -2.39. The molecule has 1 unspecified atom stereocenters. The van der Waals surface area contributed by atoms with Gasteiger partial charge in [-0.05, 0) is 6.92 Å². The number of nitrogens with two attached hydrogens (primary N) is 1. The number of hydrogen-bond acceptors (Lipinski definition) is 7. The van der Waals surface area contributed by atoms with Gasteiger partial charge in [0, 0.05) is 13.5 Å². The van der Waals surface area contributed by atoms with Crippen LogP contribution in [-0.4, -0.2) is 53.7 Å². The molecule has 1 heterocycles. The van der Waals surface area contributed by atoms with Gasteiger partial charge in [0.05, 0.1) is 19.4 Å². The second-order valence-electron chi connectivity index (χ2n) is 4.09. The fraction of sp³-hybridized carbons (Fsp3) is 0.545. The second kappa shape index (κ2) is 7.33. The summed E-state index contributed by atoms with van der Waals surface area (Å²) in [6.45, 7) is 1.78. The van der Waals surface area contributed by atoms with Crippen LogP contribution in [0.1, 0.15) is 29.1 Å². The monoisotopic (exact) mass is 299 g/mol. The molecule has 1 aromatic rings. The van der Waals surface area contributed by atoms with Crippen LogP contribution in [0.5, 0.6) is 0 Å². The van der Waals surface area contributed by atoms with Gasteiger partial charge in [0.2, 0.25) is 0 Å². The highest BCUT2D eigenvalue weighted by Gasteiger charge is 2.26. The fourth-order valence-electron chi connectivity index (χ4n) is 1.65. The van der Waals surface area contributed by atoms with Crippen molar-refractivity contribution in [3.8, 4) is 0 Å². The summed E-state index contributed by atoms with van der Waals surface area (Å²) in [6, 6.07) is -1.85. The van der Waals surface area contributed by atoms with Gasteiger partial charge in [0.1, 0.15) is 6.04 Å². The van der Waals surface area contributed by atoms with Gasteiger partial charge in [-0.1, -0.05) is 5.21 Å². The molecular weight excluding hydrogens is 282 g/mol. The van der Waals surface area contributed by atoms with Crippen molar-refractivity contribution >= 4 is 17.9 Å². The van der Waals surface area contributed by atoms with E-state index in [4.69, 9.17) is 10.5 Å². The highest BCUT2D eigenvalue weighted by Crippen LogP contribution is 2.14. The first-order valence-electron chi connectivity index (χ1n) is 6.04. The lowest BCUT2D eigenvalue weighted by atomic mass is 10.2. The summed E-state index contributed by atoms with van der Waals surface area (Å²) < 4.78 is 10.8. The van der Waals surface area contributed by atoms with Crippen molar-refractivity contribution in [3.05, 3.63) is 11.4 Å². The molecule has 0 aliphatic rings. The third-order valence-electron chi connectivity index (χ3n) is 2.71. The summed E-state index contributed by atoms with van der Waals surface area (Å²) >= 11 is 0. The SMILES string of the molecule is COCCc1c(C(=O)OC)nnn1C(C)C(=O)NC(N)=O. The first kappa shape index (κ1) is 16.6. The zero-order chi connectivity index (χ0) is 16.0. The summed E-state index contributed by atoms with van der Waals surface area (Å²) in [4.78, 5) is 34.1. The van der Waals surface area contributed by atoms with Crippen molar-refractivity contribution in [2.75, 3.05) is 20.8 Å². The highest BCUT2D eigenvalue weighted by atomic mass is 16.5. The lowest BCUT2D eigenvalue weighted by Gasteiger charge is -2.13. The molecule has 0 bridgehead atoms. The third kappa shape index (κ3) is 3.99. The van der Waals surface area contributed by atoms with Crippen molar-refractivity contribution in [1.82, 2.24) is 20.3 Å². The smallest absolute Gasteiger partial charge is 0.360 e. The van der Waals surface area contributed by atoms with Crippen molar-refractivity contribution < 1.29 is 23.9 Å². The number of imide groups is 1. The average molecular weight is 299 g/mol. The molecule has 0 aromatic carbocycles. The molecule has 116 valence electrons. The molecule has 0 saturated heterocycles. The van der Waals surface area contributed by atoms with E-state index in [0.717, 1.165) is 0 Å². The summed E-state index contributed by atoms with van der Waals surface area (Å²) in [5, 5.41) is 9.41. The fourth-order valence-corrected chi connectivity index (χ4v) is 1.65. The molecule has 0 aliphatic heterocycles. The van der Waals surface area contributed by atoms with Crippen LogP contribution >= 0.6 is 0 Å². The Hall–Kier alpha value is -2.49. The van der Waals surface area contributed by atoms with E-state index in [1.807, 2.05) is 5.32 Å². The van der Waals surface area contributed by atoms with Gasteiger partial charge in [0.25, 0.3) is 5.91 Å². The minimum absolute atomic E-state index is 0.00623. The Kier molecular flexibility index (Phi) is 5.79. The van der Waals surface area contributed by atoms with Crippen molar-refractivity contribution in [2.24, 2.45) is 5.73 Å². The van der Waals surface area contributed by atoms with E-state index in [-0.39, 0.29) is 5.69 Å². The standard InChI is InChI=1S/C11H17N5O5/c1-6(9(17)13-11(12)19)16-7(4-5-20-2)8(14-15-16)10(18)21-3/h6H,4-5H2,1-3H3,(H3,12,13,17,19). The maximum Gasteiger partial charge on any atom is 0.360 e. The van der Waals surface area contributed by atoms with Crippen LogP contribution in [0.2, 0.25) is 0 Å². The summed E-state index contributed by atoms with van der Waals surface area (Å²) in [5.41, 5.74) is 5.26. The van der Waals surface area contributed by atoms with Gasteiger partial charge in [-0.3, -0.25) is 10.1 Å². The van der Waals surface area contributed by atoms with Crippen LogP contribution in [0.3, 0.4) is 0 Å². The Balaban J connectivity index is 3.10. The van der Waals surface area contributed by atoms with E-state index in [0.29, 0.717) is 18.7 Å². The first-order chi connectivity index (χ1) is 9.92. The van der Waals surface area contributed by atoms with Gasteiger partial charge in [-0.25, -0.2) is 14.3 Å². The normalized spacial score (nSPS) is 11.8. The minimum Gasteiger partial charge on any atom is -0.464 e. The van der Waals surface area contributed by atoms with E-state index in [9.17, 15) is 14.4 Å². The number of urea groups is 1. The zero-order valence-corrected chi connectivity index (χ0v) is 12.0. The summed E-state index contributed by atoms with van der Waals surface area (Å²) in [6.07, 6.45) is 0.294. The first-order valence-corrected chi connectivity index (χ1v) is 6.04. The number of rotatable bonds is 6. The third-order valence-corrected chi connectivity index (χ3v) is 2.71. The van der Waals surface area contributed by atoms with Crippen LogP contribution in [0.25, 0.3) is 0 Å². The number of nitrogens with one attached hydrogen (secondary N) is 1. The molecule has 1 aromatic heterocycles. The quantitative estimate of drug-likeness (QED) is 0.643. The largest absolute Gasteiger partial charge is 0.464 e. The Morgan fingerprint density at radius 3 is 2.57 bits per heavy atom. The Morgan fingerprint density at radius 1 is 1.38 bits per heavy atom. The number of carbonyl (C=O) groups excluding carboxylic acids is 3. The van der Waals surface area contributed by atoms with E-state index in [2.05, 4.69) is 15.0 Å². The maximum absolute atomic E-state index is 11.8. The Labute approximate surface area is 120 Å². The van der Waals surface area contributed by atoms with Gasteiger partial charge in [0.15, 0.2) is 5.69 Å². The summed E-state index contributed by atoms with van der Waals surface area (Å²) in [7, 11) is 2.71. The van der Waals surface area contributed by atoms with E-state index < -0.39 is 23.9 Å². The molecule has 10 nitrogen and oxygen atoms in total. The number of hydrogen-bond donors (Lipinski definition) is 2. The van der Waals surface area contributed by atoms with Gasteiger partial charge >= 0.3 is 12.0 Å². The predicted molar refractivity (Wildman–Crippen MR) is 69.4 cm³/mol. The zero-order valence-electron chi connectivity index (χ0n) is 12.0. The molecule has 1 atom stereocenters. The number of primary amides is 1. The van der Waals surface area contributed by atoms with Crippen LogP contribution in [0, 0.1) is 0 Å². The van der Waals surface area contributed by atoms with Crippen molar-refractivity contribution in [2.45, 2.75) is 19.4 Å². The van der Waals surface area contributed by atoms with E-state index in [1.54, 1.807) is 0 Å². The molecule has 0 aliphatic carbocycles. The Bertz CT molecular complexity index is 541. The number of amides is 3. The molecule has 0 radical (unpaired) electrons. The van der Waals surface area contributed by atoms with Crippen LogP contribution in [-0.2, 0) is 20.7 Å². The van der Waals surface area contributed by atoms with Crippen LogP contribution in [0.4, 0.5) is 4.79 Å². The molecule has 10 heteroatoms. The number of ether oxygens (including phenoxy) is 2. The van der Waals surface area contributed by atoms with Crippen LogP contribution < -0.4 is 11.1 Å². The van der Waals surface area contributed by atoms with E-state index in [1.165, 1.54) is 25.8 Å². The van der Waals surface area contributed by atoms with Gasteiger partial charge < -0.3 is 15.2 Å². The number of esters is 1. The number of methoxy groups -OCH3 is 2. The number of nitrogens with zero attached hydrogens (tertiary/aromatic N) is 3. The Morgan fingerprint density at radius 2 is 2.05 bits per heavy atom. The lowest BCUT2D eigenvalue weighted by molar-refractivity contribution is -0.123. The topological polar surface area (TPSA) is 138 Å². The van der Waals surface area contributed by atoms with Gasteiger partial charge in [-0.2, -0.15) is 0 Å². The molecule has 21 heavy (non-hydrogen) atoms. The number of aromatic nitrogens is 3. The van der Waals surface area contributed by atoms with Crippen LogP contribution in [0.15, 0.2) is 0 Å². The van der Waals surface area contributed by atoms with Crippen molar-refractivity contribution in [3.63, 3.8) is 0 Å². The molecule has 3 N–H and O–H groups in total. The minimum atomic E-state index is -0.974. The molecule has 0 spiro atoms. The molecule has 3 amide bonds. The van der Waals surface area contributed by atoms with Crippen molar-refractivity contribution in [1.29, 1.82) is 0 Å².